The molecule has 1 heterocycles. The lowest BCUT2D eigenvalue weighted by molar-refractivity contribution is 0.190. The van der Waals surface area contributed by atoms with Crippen LogP contribution < -0.4 is 5.32 Å². The van der Waals surface area contributed by atoms with E-state index in [1.807, 2.05) is 30.3 Å². The second kappa shape index (κ2) is 6.36. The fourth-order valence-corrected chi connectivity index (χ4v) is 1.99. The monoisotopic (exact) mass is 299 g/mol. The molecule has 0 spiro atoms. The molecule has 112 valence electrons. The first-order chi connectivity index (χ1) is 10.7. The van der Waals surface area contributed by atoms with Gasteiger partial charge in [-0.05, 0) is 17.7 Å². The molecule has 0 amide bonds. The number of rotatable bonds is 5. The summed E-state index contributed by atoms with van der Waals surface area (Å²) in [6, 6.07) is 15.3. The van der Waals surface area contributed by atoms with Gasteiger partial charge in [0, 0.05) is 12.1 Å². The minimum absolute atomic E-state index is 0.183. The van der Waals surface area contributed by atoms with Gasteiger partial charge in [-0.3, -0.25) is 0 Å². The van der Waals surface area contributed by atoms with Crippen molar-refractivity contribution in [3.63, 3.8) is 0 Å². The molecule has 1 atom stereocenters. The van der Waals surface area contributed by atoms with E-state index in [0.717, 1.165) is 5.56 Å². The average molecular weight is 299 g/mol. The quantitative estimate of drug-likeness (QED) is 0.757. The van der Waals surface area contributed by atoms with Crippen molar-refractivity contribution in [2.75, 3.05) is 11.9 Å². The smallest absolute Gasteiger partial charge is 0.321 e. The van der Waals surface area contributed by atoms with Crippen LogP contribution in [0.5, 0.6) is 0 Å². The Labute approximate surface area is 126 Å². The first-order valence-electron chi connectivity index (χ1n) is 6.79. The Morgan fingerprint density at radius 1 is 1.09 bits per heavy atom. The van der Waals surface area contributed by atoms with Crippen LogP contribution >= 0.6 is 0 Å². The number of aromatic nitrogens is 2. The van der Waals surface area contributed by atoms with Crippen LogP contribution in [0, 0.1) is 5.82 Å². The van der Waals surface area contributed by atoms with Crippen LogP contribution in [0.4, 0.5) is 10.4 Å². The van der Waals surface area contributed by atoms with Crippen molar-refractivity contribution in [2.24, 2.45) is 0 Å². The normalized spacial score (nSPS) is 12.1. The van der Waals surface area contributed by atoms with E-state index in [4.69, 9.17) is 4.52 Å². The van der Waals surface area contributed by atoms with Gasteiger partial charge in [-0.1, -0.05) is 47.6 Å². The summed E-state index contributed by atoms with van der Waals surface area (Å²) >= 11 is 0. The predicted octanol–water partition coefficient (Wildman–Crippen LogP) is 3.02. The summed E-state index contributed by atoms with van der Waals surface area (Å²) in [5.74, 6) is 0.132. The third-order valence-corrected chi connectivity index (χ3v) is 3.16. The Morgan fingerprint density at radius 2 is 1.82 bits per heavy atom. The lowest BCUT2D eigenvalue weighted by atomic mass is 10.1. The van der Waals surface area contributed by atoms with Crippen LogP contribution in [0.3, 0.4) is 0 Å². The highest BCUT2D eigenvalue weighted by Gasteiger charge is 2.11. The van der Waals surface area contributed by atoms with Crippen LogP contribution in [0.1, 0.15) is 11.7 Å². The van der Waals surface area contributed by atoms with Crippen molar-refractivity contribution in [2.45, 2.75) is 6.10 Å². The molecule has 0 saturated carbocycles. The molecule has 0 bridgehead atoms. The highest BCUT2D eigenvalue weighted by atomic mass is 19.1. The van der Waals surface area contributed by atoms with E-state index < -0.39 is 6.10 Å². The number of benzene rings is 2. The van der Waals surface area contributed by atoms with E-state index in [1.165, 1.54) is 24.3 Å². The molecule has 2 N–H and O–H groups in total. The van der Waals surface area contributed by atoms with Gasteiger partial charge in [0.25, 0.3) is 0 Å². The Morgan fingerprint density at radius 3 is 2.55 bits per heavy atom. The Hall–Kier alpha value is -2.73. The third-order valence-electron chi connectivity index (χ3n) is 3.16. The average Bonchev–Trinajstić information content (AvgIpc) is 3.03. The molecular formula is C16H14FN3O2. The maximum absolute atomic E-state index is 12.8. The van der Waals surface area contributed by atoms with E-state index in [-0.39, 0.29) is 18.4 Å². The molecule has 6 heteroatoms. The molecule has 0 aliphatic rings. The van der Waals surface area contributed by atoms with Gasteiger partial charge in [0.2, 0.25) is 5.82 Å². The van der Waals surface area contributed by atoms with Gasteiger partial charge in [-0.15, -0.1) is 0 Å². The van der Waals surface area contributed by atoms with Crippen LogP contribution in [0.15, 0.2) is 59.1 Å². The summed E-state index contributed by atoms with van der Waals surface area (Å²) in [6.07, 6.45) is -0.798. The fourth-order valence-electron chi connectivity index (χ4n) is 1.99. The minimum Gasteiger partial charge on any atom is -0.387 e. The molecule has 5 nitrogen and oxygen atoms in total. The molecule has 22 heavy (non-hydrogen) atoms. The topological polar surface area (TPSA) is 71.2 Å². The van der Waals surface area contributed by atoms with E-state index in [0.29, 0.717) is 11.4 Å². The molecule has 0 fully saturated rings. The van der Waals surface area contributed by atoms with E-state index in [9.17, 15) is 9.50 Å². The lowest BCUT2D eigenvalue weighted by Gasteiger charge is -2.10. The standard InChI is InChI=1S/C16H14FN3O2/c17-13-8-6-11(7-9-13)14(21)10-18-16-19-15(20-22-16)12-4-2-1-3-5-12/h1-9,14,21H,10H2,(H,18,19,20). The predicted molar refractivity (Wildman–Crippen MR) is 79.6 cm³/mol. The van der Waals surface area contributed by atoms with Crippen LogP contribution in [0.2, 0.25) is 0 Å². The second-order valence-electron chi connectivity index (χ2n) is 4.74. The van der Waals surface area contributed by atoms with E-state index in [1.54, 1.807) is 0 Å². The number of hydrogen-bond donors (Lipinski definition) is 2. The van der Waals surface area contributed by atoms with Gasteiger partial charge < -0.3 is 14.9 Å². The number of nitrogens with one attached hydrogen (secondary N) is 1. The van der Waals surface area contributed by atoms with Gasteiger partial charge in [0.1, 0.15) is 5.82 Å². The van der Waals surface area contributed by atoms with E-state index >= 15 is 0 Å². The Bertz CT molecular complexity index is 729. The number of aliphatic hydroxyl groups excluding tert-OH is 1. The molecule has 0 aliphatic carbocycles. The highest BCUT2D eigenvalue weighted by Crippen LogP contribution is 2.18. The first-order valence-corrected chi connectivity index (χ1v) is 6.79. The molecule has 2 aromatic carbocycles. The number of nitrogens with zero attached hydrogens (tertiary/aromatic N) is 2. The summed E-state index contributed by atoms with van der Waals surface area (Å²) in [5.41, 5.74) is 1.45. The Balaban J connectivity index is 1.62. The summed E-state index contributed by atoms with van der Waals surface area (Å²) in [4.78, 5) is 4.20. The van der Waals surface area contributed by atoms with Gasteiger partial charge in [0.05, 0.1) is 6.10 Å². The van der Waals surface area contributed by atoms with Crippen molar-refractivity contribution in [3.05, 3.63) is 66.0 Å². The fraction of sp³-hybridized carbons (Fsp3) is 0.125. The second-order valence-corrected chi connectivity index (χ2v) is 4.74. The number of aliphatic hydroxyl groups is 1. The minimum atomic E-state index is -0.798. The summed E-state index contributed by atoms with van der Waals surface area (Å²) in [7, 11) is 0. The molecule has 0 radical (unpaired) electrons. The van der Waals surface area contributed by atoms with Crippen molar-refractivity contribution >= 4 is 6.01 Å². The number of hydrogen-bond acceptors (Lipinski definition) is 5. The summed E-state index contributed by atoms with van der Waals surface area (Å²) < 4.78 is 17.9. The molecule has 0 saturated heterocycles. The number of halogens is 1. The SMILES string of the molecule is OC(CNc1nc(-c2ccccc2)no1)c1ccc(F)cc1. The van der Waals surface area contributed by atoms with Crippen LogP contribution in [-0.4, -0.2) is 21.8 Å². The molecule has 0 aliphatic heterocycles. The van der Waals surface area contributed by atoms with Crippen molar-refractivity contribution in [1.29, 1.82) is 0 Å². The van der Waals surface area contributed by atoms with Crippen molar-refractivity contribution in [1.82, 2.24) is 10.1 Å². The summed E-state index contributed by atoms with van der Waals surface area (Å²) in [6.45, 7) is 0.183. The molecular weight excluding hydrogens is 285 g/mol. The zero-order valence-corrected chi connectivity index (χ0v) is 11.6. The van der Waals surface area contributed by atoms with Crippen molar-refractivity contribution < 1.29 is 14.0 Å². The van der Waals surface area contributed by atoms with Gasteiger partial charge in [0.15, 0.2) is 0 Å². The molecule has 1 aromatic heterocycles. The van der Waals surface area contributed by atoms with Gasteiger partial charge in [-0.2, -0.15) is 4.98 Å². The van der Waals surface area contributed by atoms with Gasteiger partial charge >= 0.3 is 6.01 Å². The molecule has 3 aromatic rings. The zero-order valence-electron chi connectivity index (χ0n) is 11.6. The van der Waals surface area contributed by atoms with E-state index in [2.05, 4.69) is 15.5 Å². The third kappa shape index (κ3) is 3.29. The Kier molecular flexibility index (Phi) is 4.11. The largest absolute Gasteiger partial charge is 0.387 e. The highest BCUT2D eigenvalue weighted by molar-refractivity contribution is 5.54. The lowest BCUT2D eigenvalue weighted by Crippen LogP contribution is -2.12. The summed E-state index contributed by atoms with van der Waals surface area (Å²) in [5, 5.41) is 16.8. The van der Waals surface area contributed by atoms with Crippen molar-refractivity contribution in [3.8, 4) is 11.4 Å². The first kappa shape index (κ1) is 14.2. The zero-order chi connectivity index (χ0) is 15.4. The van der Waals surface area contributed by atoms with Crippen LogP contribution in [0.25, 0.3) is 11.4 Å². The number of anilines is 1. The van der Waals surface area contributed by atoms with Gasteiger partial charge in [-0.25, -0.2) is 4.39 Å². The molecule has 1 unspecified atom stereocenters. The molecule has 3 rings (SSSR count). The maximum atomic E-state index is 12.8. The maximum Gasteiger partial charge on any atom is 0.321 e. The van der Waals surface area contributed by atoms with Crippen LogP contribution in [-0.2, 0) is 0 Å².